The topological polar surface area (TPSA) is 75.9 Å². The van der Waals surface area contributed by atoms with Crippen LogP contribution in [0.4, 0.5) is 0 Å². The molecule has 0 spiro atoms. The molecule has 7 nitrogen and oxygen atoms in total. The number of hydrogen-bond acceptors (Lipinski definition) is 5. The molecule has 0 radical (unpaired) electrons. The van der Waals surface area contributed by atoms with Crippen LogP contribution in [0.15, 0.2) is 12.4 Å². The molecule has 26 heavy (non-hydrogen) atoms. The molecule has 0 bridgehead atoms. The third-order valence-corrected chi connectivity index (χ3v) is 5.07. The molecule has 1 aliphatic rings. The van der Waals surface area contributed by atoms with Crippen molar-refractivity contribution in [3.05, 3.63) is 40.7 Å². The summed E-state index contributed by atoms with van der Waals surface area (Å²) in [6, 6.07) is 0.321. The number of hydrogen-bond donors (Lipinski definition) is 1. The lowest BCUT2D eigenvalue weighted by molar-refractivity contribution is -0.121. The van der Waals surface area contributed by atoms with E-state index in [0.717, 1.165) is 41.3 Å². The van der Waals surface area contributed by atoms with E-state index in [4.69, 9.17) is 0 Å². The number of aryl methyl sites for hydroxylation is 4. The molecule has 0 aliphatic carbocycles. The zero-order valence-electron chi connectivity index (χ0n) is 16.1. The van der Waals surface area contributed by atoms with Gasteiger partial charge in [0.15, 0.2) is 0 Å². The summed E-state index contributed by atoms with van der Waals surface area (Å²) in [5.74, 6) is 0.821. The quantitative estimate of drug-likeness (QED) is 0.855. The van der Waals surface area contributed by atoms with Gasteiger partial charge in [-0.2, -0.15) is 5.10 Å². The Kier molecular flexibility index (Phi) is 5.66. The van der Waals surface area contributed by atoms with Gasteiger partial charge in [-0.05, 0) is 52.3 Å². The highest BCUT2D eigenvalue weighted by molar-refractivity contribution is 5.76. The summed E-state index contributed by atoms with van der Waals surface area (Å²) in [6.07, 6.45) is 7.28. The van der Waals surface area contributed by atoms with Gasteiger partial charge in [0.25, 0.3) is 0 Å². The van der Waals surface area contributed by atoms with E-state index < -0.39 is 0 Å². The highest BCUT2D eigenvalue weighted by Gasteiger charge is 2.26. The van der Waals surface area contributed by atoms with E-state index >= 15 is 0 Å². The zero-order valence-corrected chi connectivity index (χ0v) is 16.1. The number of rotatable bonds is 6. The summed E-state index contributed by atoms with van der Waals surface area (Å²) >= 11 is 0. The number of carbonyl (C=O) groups is 1. The van der Waals surface area contributed by atoms with Crippen molar-refractivity contribution in [3.63, 3.8) is 0 Å². The van der Waals surface area contributed by atoms with Crippen molar-refractivity contribution in [2.45, 2.75) is 52.1 Å². The predicted octanol–water partition coefficient (Wildman–Crippen LogP) is 1.84. The molecule has 1 N–H and O–H groups in total. The van der Waals surface area contributed by atoms with Gasteiger partial charge in [-0.1, -0.05) is 0 Å². The number of likely N-dealkylation sites (tertiary alicyclic amines) is 1. The molecule has 7 heteroatoms. The summed E-state index contributed by atoms with van der Waals surface area (Å²) in [4.78, 5) is 23.6. The molecule has 1 aliphatic heterocycles. The molecule has 3 rings (SSSR count). The predicted molar refractivity (Wildman–Crippen MR) is 99.5 cm³/mol. The van der Waals surface area contributed by atoms with Crippen LogP contribution in [0.2, 0.25) is 0 Å². The monoisotopic (exact) mass is 356 g/mol. The van der Waals surface area contributed by atoms with Gasteiger partial charge in [0.1, 0.15) is 5.82 Å². The molecule has 0 saturated carbocycles. The maximum atomic E-state index is 12.3. The first-order valence-corrected chi connectivity index (χ1v) is 9.22. The van der Waals surface area contributed by atoms with Gasteiger partial charge in [0, 0.05) is 38.0 Å². The molecule has 2 aromatic heterocycles. The van der Waals surface area contributed by atoms with Gasteiger partial charge in [-0.25, -0.2) is 9.97 Å². The lowest BCUT2D eigenvalue weighted by atomic mass is 10.1. The van der Waals surface area contributed by atoms with E-state index in [1.54, 1.807) is 4.68 Å². The maximum absolute atomic E-state index is 12.3. The Morgan fingerprint density at radius 1 is 1.31 bits per heavy atom. The highest BCUT2D eigenvalue weighted by atomic mass is 16.1. The van der Waals surface area contributed by atoms with Crippen LogP contribution in [0, 0.1) is 13.8 Å². The third kappa shape index (κ3) is 4.27. The minimum atomic E-state index is 0.0413. The Hall–Kier alpha value is -2.28. The van der Waals surface area contributed by atoms with E-state index in [1.165, 1.54) is 6.42 Å². The fourth-order valence-corrected chi connectivity index (χ4v) is 3.62. The largest absolute Gasteiger partial charge is 0.352 e. The molecule has 1 unspecified atom stereocenters. The second-order valence-corrected chi connectivity index (χ2v) is 7.16. The van der Waals surface area contributed by atoms with E-state index in [1.807, 2.05) is 33.3 Å². The number of amides is 1. The Bertz CT molecular complexity index is 784. The van der Waals surface area contributed by atoms with Crippen LogP contribution in [0.25, 0.3) is 0 Å². The fourth-order valence-electron chi connectivity index (χ4n) is 3.62. The normalized spacial score (nSPS) is 17.6. The van der Waals surface area contributed by atoms with Gasteiger partial charge < -0.3 is 5.32 Å². The first kappa shape index (κ1) is 18.5. The Balaban J connectivity index is 1.60. The zero-order chi connectivity index (χ0) is 18.7. The molecule has 1 amide bonds. The molecule has 1 fully saturated rings. The average Bonchev–Trinajstić information content (AvgIpc) is 3.16. The van der Waals surface area contributed by atoms with E-state index in [9.17, 15) is 4.79 Å². The summed E-state index contributed by atoms with van der Waals surface area (Å²) in [5.41, 5.74) is 4.18. The first-order valence-electron chi connectivity index (χ1n) is 9.22. The van der Waals surface area contributed by atoms with Crippen LogP contribution in [-0.2, 0) is 24.8 Å². The Labute approximate surface area is 154 Å². The van der Waals surface area contributed by atoms with Gasteiger partial charge in [-0.15, -0.1) is 0 Å². The molecule has 1 atom stereocenters. The molecule has 1 saturated heterocycles. The summed E-state index contributed by atoms with van der Waals surface area (Å²) in [5, 5.41) is 7.35. The van der Waals surface area contributed by atoms with Crippen LogP contribution < -0.4 is 5.32 Å². The molecule has 2 aromatic rings. The second-order valence-electron chi connectivity index (χ2n) is 7.16. The SMILES string of the molecule is Cc1ncc(CNC(=O)CCc2cn(C)nc2C)c(C2CCCN2C)n1. The van der Waals surface area contributed by atoms with E-state index in [0.29, 0.717) is 25.4 Å². The van der Waals surface area contributed by atoms with Crippen LogP contribution in [0.3, 0.4) is 0 Å². The standard InChI is InChI=1S/C19H28N6O/c1-13-15(12-25(4)23-13)7-8-18(26)21-11-16-10-20-14(2)22-19(16)17-6-5-9-24(17)3/h10,12,17H,5-9,11H2,1-4H3,(H,21,26). The van der Waals surface area contributed by atoms with Gasteiger partial charge in [0.2, 0.25) is 5.91 Å². The summed E-state index contributed by atoms with van der Waals surface area (Å²) < 4.78 is 1.79. The van der Waals surface area contributed by atoms with E-state index in [2.05, 4.69) is 32.3 Å². The first-order chi connectivity index (χ1) is 12.4. The lowest BCUT2D eigenvalue weighted by Gasteiger charge is -2.21. The Morgan fingerprint density at radius 2 is 2.12 bits per heavy atom. The average molecular weight is 356 g/mol. The van der Waals surface area contributed by atoms with Gasteiger partial charge in [0.05, 0.1) is 17.4 Å². The van der Waals surface area contributed by atoms with Crippen molar-refractivity contribution >= 4 is 5.91 Å². The molecule has 3 heterocycles. The molecular formula is C19H28N6O. The van der Waals surface area contributed by atoms with Crippen LogP contribution in [0.5, 0.6) is 0 Å². The van der Waals surface area contributed by atoms with Crippen LogP contribution in [0.1, 0.15) is 53.6 Å². The van der Waals surface area contributed by atoms with Crippen molar-refractivity contribution < 1.29 is 4.79 Å². The van der Waals surface area contributed by atoms with Crippen molar-refractivity contribution in [1.82, 2.24) is 30.0 Å². The maximum Gasteiger partial charge on any atom is 0.220 e. The number of aromatic nitrogens is 4. The Morgan fingerprint density at radius 3 is 2.77 bits per heavy atom. The highest BCUT2D eigenvalue weighted by Crippen LogP contribution is 2.31. The smallest absolute Gasteiger partial charge is 0.220 e. The number of nitrogens with zero attached hydrogens (tertiary/aromatic N) is 5. The van der Waals surface area contributed by atoms with Gasteiger partial charge in [-0.3, -0.25) is 14.4 Å². The molecular weight excluding hydrogens is 328 g/mol. The molecule has 0 aromatic carbocycles. The van der Waals surface area contributed by atoms with Gasteiger partial charge >= 0.3 is 0 Å². The second kappa shape index (κ2) is 7.95. The third-order valence-electron chi connectivity index (χ3n) is 5.07. The van der Waals surface area contributed by atoms with Crippen molar-refractivity contribution in [2.75, 3.05) is 13.6 Å². The lowest BCUT2D eigenvalue weighted by Crippen LogP contribution is -2.26. The van der Waals surface area contributed by atoms with Crippen molar-refractivity contribution in [2.24, 2.45) is 7.05 Å². The van der Waals surface area contributed by atoms with Crippen molar-refractivity contribution in [1.29, 1.82) is 0 Å². The summed E-state index contributed by atoms with van der Waals surface area (Å²) in [6.45, 7) is 5.45. The molecule has 140 valence electrons. The van der Waals surface area contributed by atoms with Crippen LogP contribution in [-0.4, -0.2) is 44.1 Å². The minimum Gasteiger partial charge on any atom is -0.352 e. The number of carbonyl (C=O) groups excluding carboxylic acids is 1. The minimum absolute atomic E-state index is 0.0413. The van der Waals surface area contributed by atoms with Crippen LogP contribution >= 0.6 is 0 Å². The summed E-state index contributed by atoms with van der Waals surface area (Å²) in [7, 11) is 4.03. The van der Waals surface area contributed by atoms with Crippen molar-refractivity contribution in [3.8, 4) is 0 Å². The number of nitrogens with one attached hydrogen (secondary N) is 1. The fraction of sp³-hybridized carbons (Fsp3) is 0.579. The van der Waals surface area contributed by atoms with E-state index in [-0.39, 0.29) is 5.91 Å².